The molecule has 6 rings (SSSR count). The van der Waals surface area contributed by atoms with Gasteiger partial charge in [0.05, 0.1) is 6.04 Å². The average molecular weight is 599 g/mol. The minimum atomic E-state index is -2.66. The van der Waals surface area contributed by atoms with Crippen LogP contribution < -0.4 is 5.32 Å². The van der Waals surface area contributed by atoms with Crippen molar-refractivity contribution in [1.82, 2.24) is 20.0 Å². The van der Waals surface area contributed by atoms with E-state index in [4.69, 9.17) is 0 Å². The Morgan fingerprint density at radius 3 is 2.23 bits per heavy atom. The first-order valence-electron chi connectivity index (χ1n) is 16.8. The first-order valence-corrected chi connectivity index (χ1v) is 16.8. The summed E-state index contributed by atoms with van der Waals surface area (Å²) in [6, 6.07) is 10.0. The standard InChI is InChI=1S/C34H48F2N4O3/c1-2-38-31(42)33(40(32(38)43)23-24-9-5-3-6-10-24)21-27-13-14-28(22-33)39(27)20-17-29(25-11-7-4-8-12-25)37-30(41)26-15-18-34(35,36)19-16-26/h4,7-8,11-12,24,26-29H,2-3,5-6,9-10,13-23H2,1H3,(H,37,41)/t27?,28?,29-,33?/m0/s1. The summed E-state index contributed by atoms with van der Waals surface area (Å²) in [6.45, 7) is 3.77. The van der Waals surface area contributed by atoms with E-state index in [0.717, 1.165) is 37.8 Å². The van der Waals surface area contributed by atoms with Crippen LogP contribution in [0, 0.1) is 11.8 Å². The molecule has 2 aliphatic carbocycles. The topological polar surface area (TPSA) is 73.0 Å². The smallest absolute Gasteiger partial charge is 0.327 e. The summed E-state index contributed by atoms with van der Waals surface area (Å²) in [7, 11) is 0. The zero-order chi connectivity index (χ0) is 30.2. The van der Waals surface area contributed by atoms with Crippen molar-refractivity contribution >= 4 is 17.8 Å². The Morgan fingerprint density at radius 2 is 1.60 bits per heavy atom. The number of imide groups is 1. The molecule has 4 amide bonds. The third-order valence-corrected chi connectivity index (χ3v) is 11.3. The molecule has 7 nitrogen and oxygen atoms in total. The van der Waals surface area contributed by atoms with Crippen LogP contribution in [0.4, 0.5) is 13.6 Å². The van der Waals surface area contributed by atoms with Gasteiger partial charge < -0.3 is 10.2 Å². The number of hydrogen-bond acceptors (Lipinski definition) is 4. The fraction of sp³-hybridized carbons (Fsp3) is 0.735. The molecule has 3 aliphatic heterocycles. The van der Waals surface area contributed by atoms with Gasteiger partial charge in [-0.1, -0.05) is 49.6 Å². The number of fused-ring (bicyclic) bond motifs is 2. The van der Waals surface area contributed by atoms with Crippen LogP contribution in [-0.2, 0) is 9.59 Å². The van der Waals surface area contributed by atoms with Gasteiger partial charge in [-0.15, -0.1) is 0 Å². The van der Waals surface area contributed by atoms with E-state index in [1.165, 1.54) is 24.2 Å². The molecule has 2 bridgehead atoms. The van der Waals surface area contributed by atoms with E-state index in [1.807, 2.05) is 42.2 Å². The van der Waals surface area contributed by atoms with Crippen LogP contribution in [0.25, 0.3) is 0 Å². The maximum atomic E-state index is 13.9. The van der Waals surface area contributed by atoms with Gasteiger partial charge in [-0.25, -0.2) is 13.6 Å². The van der Waals surface area contributed by atoms with Crippen LogP contribution in [0.3, 0.4) is 0 Å². The molecular weight excluding hydrogens is 550 g/mol. The number of carbonyl (C=O) groups is 3. The number of urea groups is 1. The lowest BCUT2D eigenvalue weighted by Gasteiger charge is -2.48. The fourth-order valence-corrected chi connectivity index (χ4v) is 8.90. The van der Waals surface area contributed by atoms with Gasteiger partial charge in [0, 0.05) is 50.5 Å². The highest BCUT2D eigenvalue weighted by Gasteiger charge is 2.62. The van der Waals surface area contributed by atoms with Gasteiger partial charge in [0.2, 0.25) is 11.8 Å². The monoisotopic (exact) mass is 598 g/mol. The Morgan fingerprint density at radius 1 is 0.953 bits per heavy atom. The van der Waals surface area contributed by atoms with E-state index < -0.39 is 11.5 Å². The normalized spacial score (nSPS) is 30.8. The second kappa shape index (κ2) is 12.4. The molecule has 1 N–H and O–H groups in total. The van der Waals surface area contributed by atoms with Crippen LogP contribution in [0.15, 0.2) is 30.3 Å². The van der Waals surface area contributed by atoms with Crippen molar-refractivity contribution < 1.29 is 23.2 Å². The predicted octanol–water partition coefficient (Wildman–Crippen LogP) is 6.29. The Bertz CT molecular complexity index is 1150. The third-order valence-electron chi connectivity index (χ3n) is 11.3. The Kier molecular flexibility index (Phi) is 8.82. The van der Waals surface area contributed by atoms with Gasteiger partial charge in [0.25, 0.3) is 5.91 Å². The molecule has 236 valence electrons. The zero-order valence-corrected chi connectivity index (χ0v) is 25.6. The number of benzene rings is 1. The van der Waals surface area contributed by atoms with Gasteiger partial charge >= 0.3 is 6.03 Å². The first-order chi connectivity index (χ1) is 20.7. The fourth-order valence-electron chi connectivity index (χ4n) is 8.90. The number of likely N-dealkylation sites (N-methyl/N-ethyl adjacent to an activating group) is 1. The molecule has 1 spiro atoms. The summed E-state index contributed by atoms with van der Waals surface area (Å²) in [4.78, 5) is 46.7. The highest BCUT2D eigenvalue weighted by Crippen LogP contribution is 2.48. The number of amides is 4. The first kappa shape index (κ1) is 30.5. The summed E-state index contributed by atoms with van der Waals surface area (Å²) in [5.41, 5.74) is 0.287. The van der Waals surface area contributed by atoms with Crippen LogP contribution in [0.1, 0.15) is 108 Å². The van der Waals surface area contributed by atoms with E-state index in [2.05, 4.69) is 10.2 Å². The van der Waals surface area contributed by atoms with E-state index in [9.17, 15) is 23.2 Å². The summed E-state index contributed by atoms with van der Waals surface area (Å²) >= 11 is 0. The van der Waals surface area contributed by atoms with Crippen LogP contribution >= 0.6 is 0 Å². The number of piperidine rings is 1. The summed E-state index contributed by atoms with van der Waals surface area (Å²) in [5, 5.41) is 3.22. The summed E-state index contributed by atoms with van der Waals surface area (Å²) < 4.78 is 27.5. The SMILES string of the molecule is CCN1C(=O)N(CC2CCCCC2)C2(CC3CCC(C2)N3CC[C@H](NC(=O)C2CCC(F)(F)CC2)c2ccccc2)C1=O. The van der Waals surface area contributed by atoms with Crippen molar-refractivity contribution in [1.29, 1.82) is 0 Å². The molecule has 1 aromatic rings. The maximum absolute atomic E-state index is 13.9. The van der Waals surface area contributed by atoms with Gasteiger partial charge in [-0.05, 0) is 76.2 Å². The molecule has 3 atom stereocenters. The lowest BCUT2D eigenvalue weighted by atomic mass is 9.79. The number of halogens is 2. The summed E-state index contributed by atoms with van der Waals surface area (Å²) in [6.07, 6.45) is 10.0. The Balaban J connectivity index is 1.15. The quantitative estimate of drug-likeness (QED) is 0.339. The molecule has 43 heavy (non-hydrogen) atoms. The van der Waals surface area contributed by atoms with Crippen molar-refractivity contribution in [2.45, 2.75) is 126 Å². The molecule has 2 unspecified atom stereocenters. The van der Waals surface area contributed by atoms with Crippen molar-refractivity contribution in [2.75, 3.05) is 19.6 Å². The highest BCUT2D eigenvalue weighted by atomic mass is 19.3. The second-order valence-electron chi connectivity index (χ2n) is 13.9. The van der Waals surface area contributed by atoms with E-state index in [0.29, 0.717) is 38.3 Å². The number of hydrogen-bond donors (Lipinski definition) is 1. The van der Waals surface area contributed by atoms with E-state index in [1.54, 1.807) is 0 Å². The molecule has 2 saturated carbocycles. The molecule has 0 radical (unpaired) electrons. The zero-order valence-electron chi connectivity index (χ0n) is 25.6. The number of alkyl halides is 2. The van der Waals surface area contributed by atoms with Crippen molar-refractivity contribution in [2.24, 2.45) is 11.8 Å². The largest absolute Gasteiger partial charge is 0.349 e. The highest BCUT2D eigenvalue weighted by molar-refractivity contribution is 6.07. The lowest BCUT2D eigenvalue weighted by molar-refractivity contribution is -0.137. The van der Waals surface area contributed by atoms with Gasteiger partial charge in [0.1, 0.15) is 5.54 Å². The van der Waals surface area contributed by atoms with Gasteiger partial charge in [-0.2, -0.15) is 0 Å². The third kappa shape index (κ3) is 6.07. The number of nitrogens with one attached hydrogen (secondary N) is 1. The minimum Gasteiger partial charge on any atom is -0.349 e. The van der Waals surface area contributed by atoms with E-state index >= 15 is 0 Å². The summed E-state index contributed by atoms with van der Waals surface area (Å²) in [5.74, 6) is -2.69. The molecule has 5 aliphatic rings. The van der Waals surface area contributed by atoms with E-state index in [-0.39, 0.29) is 67.6 Å². The van der Waals surface area contributed by atoms with Gasteiger partial charge in [-0.3, -0.25) is 19.4 Å². The van der Waals surface area contributed by atoms with Crippen molar-refractivity contribution in [3.8, 4) is 0 Å². The molecule has 9 heteroatoms. The molecule has 5 fully saturated rings. The Hall–Kier alpha value is -2.55. The maximum Gasteiger partial charge on any atom is 0.327 e. The van der Waals surface area contributed by atoms with Crippen molar-refractivity contribution in [3.63, 3.8) is 0 Å². The van der Waals surface area contributed by atoms with Gasteiger partial charge in [0.15, 0.2) is 0 Å². The van der Waals surface area contributed by atoms with Crippen LogP contribution in [0.5, 0.6) is 0 Å². The molecular formula is C34H48F2N4O3. The molecule has 3 saturated heterocycles. The average Bonchev–Trinajstić information content (AvgIpc) is 3.36. The minimum absolute atomic E-state index is 0.000144. The lowest BCUT2D eigenvalue weighted by Crippen LogP contribution is -2.61. The molecule has 3 heterocycles. The predicted molar refractivity (Wildman–Crippen MR) is 160 cm³/mol. The van der Waals surface area contributed by atoms with Crippen LogP contribution in [-0.4, -0.2) is 75.7 Å². The molecule has 1 aromatic carbocycles. The van der Waals surface area contributed by atoms with Crippen molar-refractivity contribution in [3.05, 3.63) is 35.9 Å². The van der Waals surface area contributed by atoms with Crippen LogP contribution in [0.2, 0.25) is 0 Å². The Labute approximate surface area is 254 Å². The number of rotatable bonds is 9. The number of nitrogens with zero attached hydrogens (tertiary/aromatic N) is 3. The second-order valence-corrected chi connectivity index (χ2v) is 13.9. The number of carbonyl (C=O) groups excluding carboxylic acids is 3. The molecule has 0 aromatic heterocycles.